The molecule has 0 amide bonds. The van der Waals surface area contributed by atoms with Crippen LogP contribution in [-0.2, 0) is 9.84 Å². The first kappa shape index (κ1) is 12.6. The van der Waals surface area contributed by atoms with Crippen molar-refractivity contribution in [3.8, 4) is 0 Å². The summed E-state index contributed by atoms with van der Waals surface area (Å²) in [7, 11) is -2.86. The fraction of sp³-hybridized carbons (Fsp3) is 1.00. The Morgan fingerprint density at radius 1 is 1.58 bits per heavy atom. The van der Waals surface area contributed by atoms with Gasteiger partial charge in [-0.2, -0.15) is 11.8 Å². The van der Waals surface area contributed by atoms with Crippen LogP contribution in [0.2, 0.25) is 0 Å². The molecule has 0 rings (SSSR count). The lowest BCUT2D eigenvalue weighted by atomic mass is 10.5. The third kappa shape index (κ3) is 8.64. The van der Waals surface area contributed by atoms with Gasteiger partial charge in [0.05, 0.1) is 11.9 Å². The van der Waals surface area contributed by atoms with Crippen LogP contribution in [0.15, 0.2) is 0 Å². The predicted molar refractivity (Wildman–Crippen MR) is 53.8 cm³/mol. The molecule has 0 aliphatic carbocycles. The molecule has 0 bridgehead atoms. The summed E-state index contributed by atoms with van der Waals surface area (Å²) in [5, 5.41) is 8.99. The number of rotatable bonds is 6. The maximum absolute atomic E-state index is 10.6. The van der Waals surface area contributed by atoms with Gasteiger partial charge >= 0.3 is 0 Å². The summed E-state index contributed by atoms with van der Waals surface area (Å²) in [6.07, 6.45) is 0.669. The lowest BCUT2D eigenvalue weighted by Crippen LogP contribution is -2.13. The maximum atomic E-state index is 10.6. The van der Waals surface area contributed by atoms with Gasteiger partial charge in [0, 0.05) is 23.6 Å². The van der Waals surface area contributed by atoms with Crippen molar-refractivity contribution in [2.75, 3.05) is 29.4 Å². The van der Waals surface area contributed by atoms with Crippen molar-refractivity contribution < 1.29 is 13.5 Å². The van der Waals surface area contributed by atoms with Gasteiger partial charge in [-0.3, -0.25) is 0 Å². The third-order valence-electron chi connectivity index (χ3n) is 1.09. The molecule has 0 spiro atoms. The lowest BCUT2D eigenvalue weighted by Gasteiger charge is -2.04. The van der Waals surface area contributed by atoms with Crippen molar-refractivity contribution >= 4 is 33.2 Å². The SMILES string of the molecule is CS(=O)(=O)CCSCC(O)CCl. The Labute approximate surface area is 82.4 Å². The van der Waals surface area contributed by atoms with Gasteiger partial charge in [-0.15, -0.1) is 11.6 Å². The van der Waals surface area contributed by atoms with E-state index in [1.807, 2.05) is 0 Å². The predicted octanol–water partition coefficient (Wildman–Crippen LogP) is 0.364. The molecule has 1 unspecified atom stereocenters. The zero-order valence-corrected chi connectivity index (χ0v) is 9.25. The van der Waals surface area contributed by atoms with Crippen LogP contribution in [0, 0.1) is 0 Å². The molecular weight excluding hydrogens is 220 g/mol. The minimum absolute atomic E-state index is 0.159. The summed E-state index contributed by atoms with van der Waals surface area (Å²) in [5.74, 6) is 1.38. The van der Waals surface area contributed by atoms with Crippen LogP contribution in [0.25, 0.3) is 0 Å². The van der Waals surface area contributed by atoms with E-state index in [9.17, 15) is 8.42 Å². The fourth-order valence-corrected chi connectivity index (χ4v) is 2.95. The van der Waals surface area contributed by atoms with Gasteiger partial charge in [0.1, 0.15) is 9.84 Å². The number of sulfone groups is 1. The molecular formula is C6H13ClO3S2. The smallest absolute Gasteiger partial charge is 0.148 e. The summed E-state index contributed by atoms with van der Waals surface area (Å²) >= 11 is 6.74. The standard InChI is InChI=1S/C6H13ClO3S2/c1-12(9,10)3-2-11-5-6(8)4-7/h6,8H,2-5H2,1H3. The Bertz CT molecular complexity index is 203. The zero-order chi connectivity index (χ0) is 9.61. The molecule has 3 nitrogen and oxygen atoms in total. The van der Waals surface area contributed by atoms with Crippen LogP contribution < -0.4 is 0 Å². The molecule has 12 heavy (non-hydrogen) atoms. The highest BCUT2D eigenvalue weighted by Crippen LogP contribution is 2.04. The second-order valence-corrected chi connectivity index (χ2v) is 6.23. The van der Waals surface area contributed by atoms with Crippen LogP contribution in [-0.4, -0.2) is 49.0 Å². The van der Waals surface area contributed by atoms with Gasteiger partial charge in [-0.05, 0) is 0 Å². The molecule has 1 N–H and O–H groups in total. The number of aliphatic hydroxyl groups is 1. The highest BCUT2D eigenvalue weighted by atomic mass is 35.5. The highest BCUT2D eigenvalue weighted by Gasteiger charge is 2.04. The first-order chi connectivity index (χ1) is 5.45. The minimum Gasteiger partial charge on any atom is -0.391 e. The Hall–Kier alpha value is 0.550. The molecule has 0 fully saturated rings. The van der Waals surface area contributed by atoms with Crippen LogP contribution in [0.1, 0.15) is 0 Å². The molecule has 0 aromatic heterocycles. The fourth-order valence-electron chi connectivity index (χ4n) is 0.474. The molecule has 6 heteroatoms. The van der Waals surface area contributed by atoms with Crippen molar-refractivity contribution in [1.82, 2.24) is 0 Å². The van der Waals surface area contributed by atoms with E-state index in [1.165, 1.54) is 18.0 Å². The van der Waals surface area contributed by atoms with E-state index in [-0.39, 0.29) is 11.6 Å². The third-order valence-corrected chi connectivity index (χ3v) is 3.76. The Balaban J connectivity index is 3.34. The number of thioether (sulfide) groups is 1. The molecule has 0 aromatic carbocycles. The van der Waals surface area contributed by atoms with Crippen molar-refractivity contribution in [1.29, 1.82) is 0 Å². The van der Waals surface area contributed by atoms with Gasteiger partial charge < -0.3 is 5.11 Å². The number of hydrogen-bond donors (Lipinski definition) is 1. The molecule has 0 heterocycles. The summed E-state index contributed by atoms with van der Waals surface area (Å²) in [6.45, 7) is 0. The molecule has 0 saturated heterocycles. The molecule has 74 valence electrons. The average Bonchev–Trinajstić information content (AvgIpc) is 1.96. The summed E-state index contributed by atoms with van der Waals surface area (Å²) in [4.78, 5) is 0. The van der Waals surface area contributed by atoms with E-state index < -0.39 is 15.9 Å². The minimum atomic E-state index is -2.86. The van der Waals surface area contributed by atoms with Gasteiger partial charge in [0.25, 0.3) is 0 Å². The topological polar surface area (TPSA) is 54.4 Å². The van der Waals surface area contributed by atoms with E-state index in [0.29, 0.717) is 11.5 Å². The second-order valence-electron chi connectivity index (χ2n) is 2.51. The van der Waals surface area contributed by atoms with Crippen molar-refractivity contribution in [2.24, 2.45) is 0 Å². The quantitative estimate of drug-likeness (QED) is 0.531. The zero-order valence-electron chi connectivity index (χ0n) is 6.86. The van der Waals surface area contributed by atoms with E-state index >= 15 is 0 Å². The lowest BCUT2D eigenvalue weighted by molar-refractivity contribution is 0.223. The Morgan fingerprint density at radius 2 is 2.17 bits per heavy atom. The monoisotopic (exact) mass is 232 g/mol. The molecule has 0 radical (unpaired) electrons. The Morgan fingerprint density at radius 3 is 2.58 bits per heavy atom. The largest absolute Gasteiger partial charge is 0.391 e. The average molecular weight is 233 g/mol. The molecule has 1 atom stereocenters. The van der Waals surface area contributed by atoms with Crippen LogP contribution in [0.3, 0.4) is 0 Å². The van der Waals surface area contributed by atoms with E-state index in [2.05, 4.69) is 0 Å². The molecule has 0 saturated carbocycles. The van der Waals surface area contributed by atoms with Gasteiger partial charge in [0.2, 0.25) is 0 Å². The van der Waals surface area contributed by atoms with Crippen molar-refractivity contribution in [3.63, 3.8) is 0 Å². The summed E-state index contributed by atoms with van der Waals surface area (Å²) < 4.78 is 21.3. The molecule has 0 aliphatic rings. The number of alkyl halides is 1. The van der Waals surface area contributed by atoms with Crippen LogP contribution in [0.4, 0.5) is 0 Å². The van der Waals surface area contributed by atoms with E-state index in [4.69, 9.17) is 16.7 Å². The first-order valence-corrected chi connectivity index (χ1v) is 7.20. The number of halogens is 1. The van der Waals surface area contributed by atoms with E-state index in [0.717, 1.165) is 0 Å². The normalized spacial score (nSPS) is 14.6. The van der Waals surface area contributed by atoms with Crippen LogP contribution >= 0.6 is 23.4 Å². The van der Waals surface area contributed by atoms with Gasteiger partial charge in [-0.25, -0.2) is 8.42 Å². The number of aliphatic hydroxyl groups excluding tert-OH is 1. The van der Waals surface area contributed by atoms with Crippen LogP contribution in [0.5, 0.6) is 0 Å². The van der Waals surface area contributed by atoms with Gasteiger partial charge in [-0.1, -0.05) is 0 Å². The van der Waals surface area contributed by atoms with Crippen molar-refractivity contribution in [3.05, 3.63) is 0 Å². The van der Waals surface area contributed by atoms with Gasteiger partial charge in [0.15, 0.2) is 0 Å². The number of hydrogen-bond acceptors (Lipinski definition) is 4. The highest BCUT2D eigenvalue weighted by molar-refractivity contribution is 8.00. The second kappa shape index (κ2) is 6.07. The first-order valence-electron chi connectivity index (χ1n) is 3.45. The molecule has 0 aromatic rings. The Kier molecular flexibility index (Phi) is 6.35. The van der Waals surface area contributed by atoms with E-state index in [1.54, 1.807) is 0 Å². The summed E-state index contributed by atoms with van der Waals surface area (Å²) in [5.41, 5.74) is 0. The summed E-state index contributed by atoms with van der Waals surface area (Å²) in [6, 6.07) is 0. The maximum Gasteiger partial charge on any atom is 0.148 e. The van der Waals surface area contributed by atoms with Crippen molar-refractivity contribution in [2.45, 2.75) is 6.10 Å². The molecule has 0 aliphatic heterocycles.